The first-order valence-electron chi connectivity index (χ1n) is 5.55. The summed E-state index contributed by atoms with van der Waals surface area (Å²) in [6.45, 7) is 3.33. The Labute approximate surface area is 104 Å². The lowest BCUT2D eigenvalue weighted by molar-refractivity contribution is -0.141. The van der Waals surface area contributed by atoms with Crippen LogP contribution in [0.4, 0.5) is 0 Å². The van der Waals surface area contributed by atoms with Crippen molar-refractivity contribution >= 4 is 23.2 Å². The van der Waals surface area contributed by atoms with Crippen LogP contribution in [0.3, 0.4) is 0 Å². The number of amides is 1. The first kappa shape index (κ1) is 12.1. The number of fused-ring (bicyclic) bond motifs is 1. The van der Waals surface area contributed by atoms with E-state index in [1.54, 1.807) is 11.3 Å². The van der Waals surface area contributed by atoms with E-state index in [1.165, 1.54) is 24.3 Å². The molecule has 0 saturated carbocycles. The molecule has 0 spiro atoms. The van der Waals surface area contributed by atoms with E-state index in [4.69, 9.17) is 4.74 Å². The van der Waals surface area contributed by atoms with Crippen LogP contribution < -0.4 is 5.32 Å². The number of esters is 1. The van der Waals surface area contributed by atoms with Gasteiger partial charge in [-0.05, 0) is 23.4 Å². The van der Waals surface area contributed by atoms with Crippen LogP contribution >= 0.6 is 11.3 Å². The Hall–Kier alpha value is -1.36. The Morgan fingerprint density at radius 3 is 2.94 bits per heavy atom. The van der Waals surface area contributed by atoms with Crippen LogP contribution in [0.1, 0.15) is 42.7 Å². The summed E-state index contributed by atoms with van der Waals surface area (Å²) >= 11 is 1.66. The first-order chi connectivity index (χ1) is 8.08. The van der Waals surface area contributed by atoms with Gasteiger partial charge >= 0.3 is 5.97 Å². The fourth-order valence-electron chi connectivity index (χ4n) is 2.21. The summed E-state index contributed by atoms with van der Waals surface area (Å²) in [5, 5.41) is 4.94. The minimum atomic E-state index is -0.258. The number of ether oxygens (including phenoxy) is 1. The van der Waals surface area contributed by atoms with Gasteiger partial charge in [-0.3, -0.25) is 9.59 Å². The Kier molecular flexibility index (Phi) is 3.47. The number of thiophene rings is 1. The van der Waals surface area contributed by atoms with Gasteiger partial charge in [0.15, 0.2) is 0 Å². The molecule has 0 saturated heterocycles. The van der Waals surface area contributed by atoms with Gasteiger partial charge in [0.05, 0.1) is 12.6 Å². The molecule has 1 heterocycles. The van der Waals surface area contributed by atoms with Crippen molar-refractivity contribution < 1.29 is 14.3 Å². The molecule has 0 unspecified atom stereocenters. The molecule has 0 aliphatic heterocycles. The number of hydrogen-bond acceptors (Lipinski definition) is 4. The average molecular weight is 253 g/mol. The largest absolute Gasteiger partial charge is 0.465 e. The van der Waals surface area contributed by atoms with Crippen molar-refractivity contribution in [3.05, 3.63) is 21.9 Å². The fourth-order valence-corrected chi connectivity index (χ4v) is 3.28. The maximum Gasteiger partial charge on any atom is 0.302 e. The Balaban J connectivity index is 2.08. The van der Waals surface area contributed by atoms with Crippen LogP contribution in [-0.4, -0.2) is 18.5 Å². The van der Waals surface area contributed by atoms with E-state index in [-0.39, 0.29) is 23.8 Å². The second kappa shape index (κ2) is 4.87. The summed E-state index contributed by atoms with van der Waals surface area (Å²) in [6, 6.07) is 2.10. The lowest BCUT2D eigenvalue weighted by atomic mass is 10.1. The van der Waals surface area contributed by atoms with Crippen molar-refractivity contribution in [2.24, 2.45) is 0 Å². The van der Waals surface area contributed by atoms with Gasteiger partial charge in [-0.1, -0.05) is 0 Å². The molecule has 0 aromatic carbocycles. The number of carbonyl (C=O) groups is 2. The van der Waals surface area contributed by atoms with Gasteiger partial charge in [0, 0.05) is 24.6 Å². The van der Waals surface area contributed by atoms with Crippen molar-refractivity contribution in [1.29, 1.82) is 0 Å². The van der Waals surface area contributed by atoms with Gasteiger partial charge in [-0.25, -0.2) is 0 Å². The van der Waals surface area contributed by atoms with Gasteiger partial charge < -0.3 is 10.1 Å². The third-order valence-corrected chi connectivity index (χ3v) is 3.95. The van der Waals surface area contributed by atoms with Gasteiger partial charge in [0.1, 0.15) is 0 Å². The predicted molar refractivity (Wildman–Crippen MR) is 64.9 cm³/mol. The molecular formula is C12H15NO3S. The Bertz CT molecular complexity index is 441. The standard InChI is InChI=1S/C12H15NO3S/c1-7(14)13-11-5-9(6-16-8(2)15)12-10(11)3-4-17-12/h3-4,9,11H,5-6H2,1-2H3,(H,13,14)/t9-,11-/m1/s1. The summed E-state index contributed by atoms with van der Waals surface area (Å²) in [5.74, 6) is -0.0721. The molecular weight excluding hydrogens is 238 g/mol. The zero-order valence-corrected chi connectivity index (χ0v) is 10.7. The molecule has 0 radical (unpaired) electrons. The van der Waals surface area contributed by atoms with Crippen LogP contribution in [0.5, 0.6) is 0 Å². The summed E-state index contributed by atoms with van der Waals surface area (Å²) in [4.78, 5) is 23.2. The molecule has 5 heteroatoms. The highest BCUT2D eigenvalue weighted by atomic mass is 32.1. The molecule has 1 N–H and O–H groups in total. The van der Waals surface area contributed by atoms with Gasteiger partial charge in [-0.15, -0.1) is 11.3 Å². The summed E-state index contributed by atoms with van der Waals surface area (Å²) < 4.78 is 5.06. The van der Waals surface area contributed by atoms with E-state index < -0.39 is 0 Å². The lowest BCUT2D eigenvalue weighted by Gasteiger charge is -2.13. The van der Waals surface area contributed by atoms with Crippen LogP contribution in [0.15, 0.2) is 11.4 Å². The van der Waals surface area contributed by atoms with Crippen molar-refractivity contribution in [2.45, 2.75) is 32.2 Å². The van der Waals surface area contributed by atoms with Crippen molar-refractivity contribution in [3.63, 3.8) is 0 Å². The van der Waals surface area contributed by atoms with Gasteiger partial charge in [0.25, 0.3) is 0 Å². The predicted octanol–water partition coefficient (Wildman–Crippen LogP) is 1.98. The van der Waals surface area contributed by atoms with Crippen LogP contribution in [0.25, 0.3) is 0 Å². The SMILES string of the molecule is CC(=O)N[C@@H]1C[C@H](COC(C)=O)c2sccc21. The highest BCUT2D eigenvalue weighted by Gasteiger charge is 2.33. The maximum atomic E-state index is 11.1. The Morgan fingerprint density at radius 1 is 1.53 bits per heavy atom. The number of carbonyl (C=O) groups excluding carboxylic acids is 2. The fraction of sp³-hybridized carbons (Fsp3) is 0.500. The molecule has 0 bridgehead atoms. The zero-order valence-electron chi connectivity index (χ0n) is 9.86. The molecule has 92 valence electrons. The van der Waals surface area contributed by atoms with Crippen LogP contribution in [0.2, 0.25) is 0 Å². The second-order valence-electron chi connectivity index (χ2n) is 4.23. The Morgan fingerprint density at radius 2 is 2.29 bits per heavy atom. The minimum Gasteiger partial charge on any atom is -0.465 e. The highest BCUT2D eigenvalue weighted by Crippen LogP contribution is 2.43. The van der Waals surface area contributed by atoms with E-state index in [0.29, 0.717) is 6.61 Å². The topological polar surface area (TPSA) is 55.4 Å². The molecule has 2 rings (SSSR count). The number of rotatable bonds is 3. The number of hydrogen-bond donors (Lipinski definition) is 1. The van der Waals surface area contributed by atoms with Crippen molar-refractivity contribution in [2.75, 3.05) is 6.61 Å². The molecule has 1 aromatic rings. The summed E-state index contributed by atoms with van der Waals surface area (Å²) in [7, 11) is 0. The van der Waals surface area contributed by atoms with E-state index in [0.717, 1.165) is 6.42 Å². The quantitative estimate of drug-likeness (QED) is 0.838. The summed E-state index contributed by atoms with van der Waals surface area (Å²) in [6.07, 6.45) is 0.814. The molecule has 1 amide bonds. The second-order valence-corrected chi connectivity index (χ2v) is 5.18. The van der Waals surface area contributed by atoms with Crippen molar-refractivity contribution in [1.82, 2.24) is 5.32 Å². The molecule has 1 aliphatic carbocycles. The van der Waals surface area contributed by atoms with Gasteiger partial charge in [0.2, 0.25) is 5.91 Å². The van der Waals surface area contributed by atoms with Gasteiger partial charge in [-0.2, -0.15) is 0 Å². The smallest absolute Gasteiger partial charge is 0.302 e. The monoisotopic (exact) mass is 253 g/mol. The molecule has 4 nitrogen and oxygen atoms in total. The van der Waals surface area contributed by atoms with E-state index in [1.807, 2.05) is 11.4 Å². The van der Waals surface area contributed by atoms with Crippen molar-refractivity contribution in [3.8, 4) is 0 Å². The highest BCUT2D eigenvalue weighted by molar-refractivity contribution is 7.10. The molecule has 0 fully saturated rings. The number of nitrogens with one attached hydrogen (secondary N) is 1. The normalized spacial score (nSPS) is 22.0. The van der Waals surface area contributed by atoms with E-state index >= 15 is 0 Å². The molecule has 1 aromatic heterocycles. The maximum absolute atomic E-state index is 11.1. The molecule has 2 atom stereocenters. The minimum absolute atomic E-state index is 0.0275. The van der Waals surface area contributed by atoms with E-state index in [9.17, 15) is 9.59 Å². The van der Waals surface area contributed by atoms with Crippen LogP contribution in [0, 0.1) is 0 Å². The lowest BCUT2D eigenvalue weighted by Crippen LogP contribution is -2.24. The first-order valence-corrected chi connectivity index (χ1v) is 6.43. The summed E-state index contributed by atoms with van der Waals surface area (Å²) in [5.41, 5.74) is 1.17. The average Bonchev–Trinajstić information content (AvgIpc) is 2.78. The van der Waals surface area contributed by atoms with E-state index in [2.05, 4.69) is 5.32 Å². The zero-order chi connectivity index (χ0) is 12.4. The third-order valence-electron chi connectivity index (χ3n) is 2.86. The van der Waals surface area contributed by atoms with Crippen LogP contribution in [-0.2, 0) is 14.3 Å². The molecule has 17 heavy (non-hydrogen) atoms. The molecule has 1 aliphatic rings. The third kappa shape index (κ3) is 2.66.